The summed E-state index contributed by atoms with van der Waals surface area (Å²) in [6, 6.07) is 10.1. The van der Waals surface area contributed by atoms with E-state index in [4.69, 9.17) is 8.94 Å². The van der Waals surface area contributed by atoms with Crippen molar-refractivity contribution in [2.45, 2.75) is 6.54 Å². The Hall–Kier alpha value is -3.22. The lowest BCUT2D eigenvalue weighted by atomic mass is 10.1. The molecule has 0 radical (unpaired) electrons. The van der Waals surface area contributed by atoms with E-state index in [1.807, 2.05) is 0 Å². The van der Waals surface area contributed by atoms with Crippen molar-refractivity contribution >= 4 is 11.8 Å². The van der Waals surface area contributed by atoms with Gasteiger partial charge in [-0.3, -0.25) is 14.5 Å². The number of hydrogen-bond donors (Lipinski definition) is 0. The summed E-state index contributed by atoms with van der Waals surface area (Å²) in [5.74, 6) is 0.173. The molecule has 3 aromatic rings. The van der Waals surface area contributed by atoms with Crippen LogP contribution in [0.5, 0.6) is 0 Å². The van der Waals surface area contributed by atoms with Crippen LogP contribution >= 0.6 is 0 Å². The smallest absolute Gasteiger partial charge is 0.262 e. The van der Waals surface area contributed by atoms with Crippen LogP contribution in [0.1, 0.15) is 26.6 Å². The lowest BCUT2D eigenvalue weighted by Crippen LogP contribution is -2.29. The van der Waals surface area contributed by atoms with Gasteiger partial charge in [0.2, 0.25) is 11.7 Å². The maximum atomic E-state index is 12.2. The predicted molar refractivity (Wildman–Crippen MR) is 72.6 cm³/mol. The number of furan rings is 1. The van der Waals surface area contributed by atoms with E-state index in [0.29, 0.717) is 16.9 Å². The third-order valence-electron chi connectivity index (χ3n) is 3.38. The summed E-state index contributed by atoms with van der Waals surface area (Å²) in [7, 11) is 0. The average molecular weight is 295 g/mol. The first-order valence-electron chi connectivity index (χ1n) is 6.56. The van der Waals surface area contributed by atoms with Gasteiger partial charge < -0.3 is 8.94 Å². The van der Waals surface area contributed by atoms with Crippen molar-refractivity contribution in [1.82, 2.24) is 15.0 Å². The topological polar surface area (TPSA) is 89.4 Å². The van der Waals surface area contributed by atoms with E-state index < -0.39 is 0 Å². The number of nitrogens with zero attached hydrogens (tertiary/aromatic N) is 3. The Labute approximate surface area is 124 Å². The Morgan fingerprint density at radius 2 is 1.73 bits per heavy atom. The number of aromatic nitrogens is 2. The Bertz CT molecular complexity index is 832. The van der Waals surface area contributed by atoms with Crippen molar-refractivity contribution in [3.8, 4) is 11.6 Å². The maximum absolute atomic E-state index is 12.2. The third kappa shape index (κ3) is 1.83. The first-order valence-corrected chi connectivity index (χ1v) is 6.56. The first kappa shape index (κ1) is 12.5. The Kier molecular flexibility index (Phi) is 2.65. The minimum Gasteiger partial charge on any atom is -0.461 e. The molecule has 0 atom stereocenters. The molecule has 1 aliphatic heterocycles. The Morgan fingerprint density at radius 3 is 2.36 bits per heavy atom. The molecule has 7 nitrogen and oxygen atoms in total. The molecule has 0 saturated heterocycles. The molecule has 2 aromatic heterocycles. The summed E-state index contributed by atoms with van der Waals surface area (Å²) in [5.41, 5.74) is 0.775. The van der Waals surface area contributed by atoms with E-state index in [1.165, 1.54) is 6.26 Å². The van der Waals surface area contributed by atoms with Crippen LogP contribution in [0.15, 0.2) is 51.6 Å². The van der Waals surface area contributed by atoms with E-state index >= 15 is 0 Å². The van der Waals surface area contributed by atoms with Crippen molar-refractivity contribution in [3.63, 3.8) is 0 Å². The number of rotatable bonds is 3. The van der Waals surface area contributed by atoms with E-state index in [1.54, 1.807) is 36.4 Å². The normalized spacial score (nSPS) is 13.7. The van der Waals surface area contributed by atoms with Crippen LogP contribution < -0.4 is 0 Å². The molecule has 3 heterocycles. The molecule has 4 rings (SSSR count). The fourth-order valence-electron chi connectivity index (χ4n) is 2.34. The zero-order chi connectivity index (χ0) is 15.1. The predicted octanol–water partition coefficient (Wildman–Crippen LogP) is 2.13. The second-order valence-electron chi connectivity index (χ2n) is 4.73. The molecular weight excluding hydrogens is 286 g/mol. The molecule has 0 spiro atoms. The molecule has 1 aromatic carbocycles. The van der Waals surface area contributed by atoms with Crippen LogP contribution in [0, 0.1) is 0 Å². The van der Waals surface area contributed by atoms with Gasteiger partial charge in [0.25, 0.3) is 11.8 Å². The second kappa shape index (κ2) is 4.66. The number of amides is 2. The molecular formula is C15H9N3O4. The fourth-order valence-corrected chi connectivity index (χ4v) is 2.34. The third-order valence-corrected chi connectivity index (χ3v) is 3.38. The van der Waals surface area contributed by atoms with Crippen molar-refractivity contribution in [3.05, 3.63) is 59.7 Å². The van der Waals surface area contributed by atoms with Crippen molar-refractivity contribution in [1.29, 1.82) is 0 Å². The number of hydrogen-bond acceptors (Lipinski definition) is 6. The van der Waals surface area contributed by atoms with Gasteiger partial charge >= 0.3 is 0 Å². The van der Waals surface area contributed by atoms with Gasteiger partial charge in [-0.05, 0) is 24.3 Å². The van der Waals surface area contributed by atoms with E-state index in [9.17, 15) is 9.59 Å². The van der Waals surface area contributed by atoms with Gasteiger partial charge in [-0.1, -0.05) is 17.3 Å². The number of imide groups is 1. The lowest BCUT2D eigenvalue weighted by Gasteiger charge is -2.09. The first-order chi connectivity index (χ1) is 10.7. The van der Waals surface area contributed by atoms with Crippen LogP contribution in [-0.4, -0.2) is 26.9 Å². The minimum absolute atomic E-state index is 0.0694. The molecule has 7 heteroatoms. The van der Waals surface area contributed by atoms with Gasteiger partial charge in [-0.15, -0.1) is 0 Å². The van der Waals surface area contributed by atoms with Gasteiger partial charge in [0.15, 0.2) is 5.76 Å². The molecule has 0 saturated carbocycles. The quantitative estimate of drug-likeness (QED) is 0.687. The highest BCUT2D eigenvalue weighted by Gasteiger charge is 2.36. The molecule has 0 fully saturated rings. The Morgan fingerprint density at radius 1 is 1.00 bits per heavy atom. The molecule has 1 aliphatic rings. The van der Waals surface area contributed by atoms with Crippen molar-refractivity contribution in [2.75, 3.05) is 0 Å². The lowest BCUT2D eigenvalue weighted by molar-refractivity contribution is 0.0625. The Balaban J connectivity index is 1.60. The van der Waals surface area contributed by atoms with Gasteiger partial charge in [0, 0.05) is 0 Å². The van der Waals surface area contributed by atoms with E-state index in [2.05, 4.69) is 10.1 Å². The monoisotopic (exact) mass is 295 g/mol. The summed E-state index contributed by atoms with van der Waals surface area (Å²) in [5, 5.41) is 3.77. The average Bonchev–Trinajstić information content (AvgIpc) is 3.25. The summed E-state index contributed by atoms with van der Waals surface area (Å²) < 4.78 is 10.2. The van der Waals surface area contributed by atoms with Crippen LogP contribution in [0.4, 0.5) is 0 Å². The summed E-state index contributed by atoms with van der Waals surface area (Å²) in [6.07, 6.45) is 1.50. The van der Waals surface area contributed by atoms with Gasteiger partial charge in [0.05, 0.1) is 17.4 Å². The van der Waals surface area contributed by atoms with Gasteiger partial charge in [-0.2, -0.15) is 4.98 Å². The van der Waals surface area contributed by atoms with E-state index in [0.717, 1.165) is 4.90 Å². The number of fused-ring (bicyclic) bond motifs is 1. The van der Waals surface area contributed by atoms with Crippen LogP contribution in [0.3, 0.4) is 0 Å². The SMILES string of the molecule is O=C1c2ccccc2C(=O)N1Cc1nc(-c2ccco2)no1. The maximum Gasteiger partial charge on any atom is 0.262 e. The molecule has 108 valence electrons. The molecule has 0 unspecified atom stereocenters. The zero-order valence-corrected chi connectivity index (χ0v) is 11.2. The number of carbonyl (C=O) groups excluding carboxylic acids is 2. The van der Waals surface area contributed by atoms with Crippen LogP contribution in [-0.2, 0) is 6.54 Å². The highest BCUT2D eigenvalue weighted by molar-refractivity contribution is 6.21. The zero-order valence-electron chi connectivity index (χ0n) is 11.2. The van der Waals surface area contributed by atoms with Gasteiger partial charge in [-0.25, -0.2) is 0 Å². The van der Waals surface area contributed by atoms with Crippen LogP contribution in [0.25, 0.3) is 11.6 Å². The highest BCUT2D eigenvalue weighted by Crippen LogP contribution is 2.24. The molecule has 0 bridgehead atoms. The van der Waals surface area contributed by atoms with Crippen molar-refractivity contribution in [2.24, 2.45) is 0 Å². The van der Waals surface area contributed by atoms with Crippen molar-refractivity contribution < 1.29 is 18.5 Å². The minimum atomic E-state index is -0.363. The fraction of sp³-hybridized carbons (Fsp3) is 0.0667. The number of carbonyl (C=O) groups is 2. The molecule has 22 heavy (non-hydrogen) atoms. The summed E-state index contributed by atoms with van der Waals surface area (Å²) in [4.78, 5) is 29.7. The molecule has 0 aliphatic carbocycles. The highest BCUT2D eigenvalue weighted by atomic mass is 16.5. The molecule has 2 amide bonds. The van der Waals surface area contributed by atoms with Gasteiger partial charge in [0.1, 0.15) is 6.54 Å². The standard InChI is InChI=1S/C15H9N3O4/c19-14-9-4-1-2-5-10(9)15(20)18(14)8-12-16-13(17-22-12)11-6-3-7-21-11/h1-7H,8H2. The molecule has 0 N–H and O–H groups in total. The summed E-state index contributed by atoms with van der Waals surface area (Å²) in [6.45, 7) is -0.0694. The van der Waals surface area contributed by atoms with Crippen LogP contribution in [0.2, 0.25) is 0 Å². The number of benzene rings is 1. The van der Waals surface area contributed by atoms with E-state index in [-0.39, 0.29) is 30.1 Å². The summed E-state index contributed by atoms with van der Waals surface area (Å²) >= 11 is 0. The largest absolute Gasteiger partial charge is 0.461 e. The second-order valence-corrected chi connectivity index (χ2v) is 4.73.